The summed E-state index contributed by atoms with van der Waals surface area (Å²) in [6.07, 6.45) is 5.61. The number of rotatable bonds is 6. The van der Waals surface area contributed by atoms with E-state index in [4.69, 9.17) is 28.5 Å². The van der Waals surface area contributed by atoms with Crippen molar-refractivity contribution in [3.05, 3.63) is 66.0 Å². The summed E-state index contributed by atoms with van der Waals surface area (Å²) in [5.41, 5.74) is 3.09. The van der Waals surface area contributed by atoms with E-state index in [-0.39, 0.29) is 10.8 Å². The van der Waals surface area contributed by atoms with E-state index in [9.17, 15) is 13.0 Å². The fourth-order valence-corrected chi connectivity index (χ4v) is 9.35. The van der Waals surface area contributed by atoms with E-state index in [1.54, 1.807) is 30.8 Å². The molecule has 0 saturated heterocycles. The van der Waals surface area contributed by atoms with Gasteiger partial charge in [-0.15, -0.1) is 0 Å². The highest BCUT2D eigenvalue weighted by atomic mass is 32.2. The molecule has 1 unspecified atom stereocenters. The molecule has 2 aliphatic rings. The summed E-state index contributed by atoms with van der Waals surface area (Å²) < 4.78 is 58.9. The Morgan fingerprint density at radius 3 is 2.40 bits per heavy atom. The van der Waals surface area contributed by atoms with Gasteiger partial charge in [0.05, 0.1) is 31.7 Å². The van der Waals surface area contributed by atoms with Crippen LogP contribution in [-0.2, 0) is 19.8 Å². The van der Waals surface area contributed by atoms with E-state index >= 15 is 0 Å². The molecule has 0 saturated carbocycles. The van der Waals surface area contributed by atoms with Crippen molar-refractivity contribution in [2.45, 2.75) is 88.4 Å². The van der Waals surface area contributed by atoms with E-state index in [1.807, 2.05) is 36.6 Å². The van der Waals surface area contributed by atoms with Gasteiger partial charge in [0, 0.05) is 36.2 Å². The molecule has 2 aliphatic heterocycles. The second-order valence-electron chi connectivity index (χ2n) is 13.4. The van der Waals surface area contributed by atoms with Crippen molar-refractivity contribution in [3.63, 3.8) is 0 Å². The normalized spacial score (nSPS) is 21.8. The average Bonchev–Trinajstić information content (AvgIpc) is 3.40. The van der Waals surface area contributed by atoms with Gasteiger partial charge in [-0.05, 0) is 61.8 Å². The topological polar surface area (TPSA) is 91.5 Å². The van der Waals surface area contributed by atoms with Crippen molar-refractivity contribution >= 4 is 29.1 Å². The second kappa shape index (κ2) is 9.90. The van der Waals surface area contributed by atoms with Gasteiger partial charge in [0.2, 0.25) is 0 Å². The number of ether oxygens (including phenoxy) is 1. The van der Waals surface area contributed by atoms with Crippen LogP contribution >= 0.6 is 0 Å². The van der Waals surface area contributed by atoms with Crippen LogP contribution in [0.5, 0.6) is 5.75 Å². The van der Waals surface area contributed by atoms with Crippen LogP contribution in [0.3, 0.4) is 0 Å². The Morgan fingerprint density at radius 2 is 1.74 bits per heavy atom. The fourth-order valence-electron chi connectivity index (χ4n) is 5.92. The molecule has 2 aromatic carbocycles. The van der Waals surface area contributed by atoms with E-state index in [0.717, 1.165) is 22.2 Å². The standard InChI is InChI=1S/C31H37F2N5O3SSi/c1-30(2,3)43(7,8)41-31(4,5)28-34-16-19(17-35-28)18-12-13-20-22(14-18)38-23-15-21(27(38)36-20)37-42(6,39)25-11-9-10-24(26(23)25)40-29(32)33/h9-14,16-17,21,23,29H,15H2,1-8H3/t21-,23-,42?/m1/s1. The lowest BCUT2D eigenvalue weighted by Crippen LogP contribution is -2.46. The molecule has 3 atom stereocenters. The van der Waals surface area contributed by atoms with Crippen LogP contribution in [0.2, 0.25) is 18.1 Å². The van der Waals surface area contributed by atoms with Gasteiger partial charge in [-0.1, -0.05) is 32.9 Å². The molecule has 43 heavy (non-hydrogen) atoms. The van der Waals surface area contributed by atoms with E-state index < -0.39 is 42.3 Å². The van der Waals surface area contributed by atoms with Crippen molar-refractivity contribution in [2.75, 3.05) is 6.26 Å². The van der Waals surface area contributed by atoms with E-state index in [2.05, 4.69) is 33.9 Å². The lowest BCUT2D eigenvalue weighted by molar-refractivity contribution is -0.0508. The first-order chi connectivity index (χ1) is 20.0. The van der Waals surface area contributed by atoms with Gasteiger partial charge in [-0.25, -0.2) is 23.5 Å². The Labute approximate surface area is 252 Å². The van der Waals surface area contributed by atoms with Crippen molar-refractivity contribution in [1.82, 2.24) is 19.5 Å². The average molecular weight is 626 g/mol. The molecular weight excluding hydrogens is 589 g/mol. The monoisotopic (exact) mass is 625 g/mol. The Balaban J connectivity index is 1.41. The first-order valence-corrected chi connectivity index (χ1v) is 19.2. The first kappa shape index (κ1) is 29.8. The van der Waals surface area contributed by atoms with Gasteiger partial charge in [-0.2, -0.15) is 8.78 Å². The van der Waals surface area contributed by atoms with E-state index in [0.29, 0.717) is 28.5 Å². The number of hydrogen-bond donors (Lipinski definition) is 0. The molecule has 0 amide bonds. The van der Waals surface area contributed by atoms with Gasteiger partial charge < -0.3 is 13.7 Å². The lowest BCUT2D eigenvalue weighted by Gasteiger charge is -2.42. The molecule has 0 aliphatic carbocycles. The largest absolute Gasteiger partial charge is 0.434 e. The Kier molecular flexibility index (Phi) is 6.87. The molecule has 2 bridgehead atoms. The number of fused-ring (bicyclic) bond motifs is 9. The molecule has 228 valence electrons. The number of halogens is 2. The lowest BCUT2D eigenvalue weighted by atomic mass is 10.0. The van der Waals surface area contributed by atoms with Crippen molar-refractivity contribution in [3.8, 4) is 16.9 Å². The molecule has 0 fully saturated rings. The van der Waals surface area contributed by atoms with Crippen molar-refractivity contribution < 1.29 is 22.2 Å². The third-order valence-electron chi connectivity index (χ3n) is 8.93. The minimum atomic E-state index is -3.01. The quantitative estimate of drug-likeness (QED) is 0.203. The zero-order valence-electron chi connectivity index (χ0n) is 25.7. The maximum atomic E-state index is 13.7. The highest BCUT2D eigenvalue weighted by Crippen LogP contribution is 2.51. The molecular formula is C31H37F2N5O3SSi. The van der Waals surface area contributed by atoms with Gasteiger partial charge in [-0.3, -0.25) is 0 Å². The van der Waals surface area contributed by atoms with Crippen LogP contribution in [0.25, 0.3) is 22.2 Å². The van der Waals surface area contributed by atoms with Crippen molar-refractivity contribution in [2.24, 2.45) is 4.36 Å². The minimum Gasteiger partial charge on any atom is -0.434 e. The number of alkyl halides is 2. The Hall–Kier alpha value is -3.22. The minimum absolute atomic E-state index is 0.0142. The number of imidazole rings is 1. The summed E-state index contributed by atoms with van der Waals surface area (Å²) in [5.74, 6) is 1.30. The van der Waals surface area contributed by atoms with Crippen molar-refractivity contribution in [1.29, 1.82) is 0 Å². The number of aromatic nitrogens is 4. The summed E-state index contributed by atoms with van der Waals surface area (Å²) in [6.45, 7) is 12.1. The molecule has 8 nitrogen and oxygen atoms in total. The number of nitrogens with zero attached hydrogens (tertiary/aromatic N) is 5. The van der Waals surface area contributed by atoms with Crippen LogP contribution < -0.4 is 4.74 Å². The van der Waals surface area contributed by atoms with Gasteiger partial charge >= 0.3 is 6.61 Å². The number of hydrogen-bond acceptors (Lipinski definition) is 7. The highest BCUT2D eigenvalue weighted by molar-refractivity contribution is 7.93. The predicted molar refractivity (Wildman–Crippen MR) is 165 cm³/mol. The summed E-state index contributed by atoms with van der Waals surface area (Å²) in [4.78, 5) is 14.7. The smallest absolute Gasteiger partial charge is 0.387 e. The summed E-state index contributed by atoms with van der Waals surface area (Å²) in [5, 5.41) is 0.0518. The van der Waals surface area contributed by atoms with Gasteiger partial charge in [0.15, 0.2) is 14.1 Å². The van der Waals surface area contributed by atoms with Crippen LogP contribution in [0.15, 0.2) is 58.1 Å². The van der Waals surface area contributed by atoms with Crippen LogP contribution in [0.1, 0.15) is 70.3 Å². The SMILES string of the molecule is CC(C)(O[Si](C)(C)C(C)(C)C)c1ncc(-c2ccc3nc4n(c3c2)[C@@H]2C[C@H]4N=S(C)(=O)c3cccc(OC(F)F)c32)cn1. The van der Waals surface area contributed by atoms with E-state index in [1.165, 1.54) is 6.07 Å². The Morgan fingerprint density at radius 1 is 1.05 bits per heavy atom. The van der Waals surface area contributed by atoms with Crippen LogP contribution in [0, 0.1) is 0 Å². The number of benzene rings is 2. The second-order valence-corrected chi connectivity index (χ2v) is 20.4. The van der Waals surface area contributed by atoms with Gasteiger partial charge in [0.25, 0.3) is 0 Å². The van der Waals surface area contributed by atoms with Crippen LogP contribution in [0.4, 0.5) is 8.78 Å². The molecule has 6 rings (SSSR count). The first-order valence-electron chi connectivity index (χ1n) is 14.3. The molecule has 4 heterocycles. The molecule has 2 aromatic heterocycles. The maximum absolute atomic E-state index is 13.7. The Bertz CT molecular complexity index is 1860. The summed E-state index contributed by atoms with van der Waals surface area (Å²) in [7, 11) is -4.92. The summed E-state index contributed by atoms with van der Waals surface area (Å²) >= 11 is 0. The van der Waals surface area contributed by atoms with Crippen LogP contribution in [-0.4, -0.2) is 44.9 Å². The predicted octanol–water partition coefficient (Wildman–Crippen LogP) is 7.86. The third-order valence-corrected chi connectivity index (χ3v) is 15.4. The highest BCUT2D eigenvalue weighted by Gasteiger charge is 2.44. The molecule has 12 heteroatoms. The zero-order chi connectivity index (χ0) is 31.1. The summed E-state index contributed by atoms with van der Waals surface area (Å²) in [6, 6.07) is 9.83. The third kappa shape index (κ3) is 5.06. The van der Waals surface area contributed by atoms with Gasteiger partial charge in [0.1, 0.15) is 23.2 Å². The molecule has 4 aromatic rings. The molecule has 0 N–H and O–H groups in total. The molecule has 0 radical (unpaired) electrons. The fraction of sp³-hybridized carbons (Fsp3) is 0.452. The maximum Gasteiger partial charge on any atom is 0.387 e. The molecule has 0 spiro atoms. The zero-order valence-corrected chi connectivity index (χ0v) is 27.5.